The van der Waals surface area contributed by atoms with Gasteiger partial charge < -0.3 is 9.84 Å². The maximum atomic E-state index is 12.6. The fourth-order valence-corrected chi connectivity index (χ4v) is 3.97. The first-order valence-corrected chi connectivity index (χ1v) is 10.8. The van der Waals surface area contributed by atoms with Crippen molar-refractivity contribution in [2.75, 3.05) is 11.1 Å². The normalized spacial score (nSPS) is 11.1. The Kier molecular flexibility index (Phi) is 6.57. The van der Waals surface area contributed by atoms with Crippen LogP contribution in [0, 0.1) is 13.8 Å². The first-order valence-electron chi connectivity index (χ1n) is 8.97. The van der Waals surface area contributed by atoms with Crippen molar-refractivity contribution in [3.8, 4) is 11.5 Å². The highest BCUT2D eigenvalue weighted by atomic mass is 79.9. The molecule has 1 aromatic heterocycles. The summed E-state index contributed by atoms with van der Waals surface area (Å²) in [6.07, 6.45) is 0. The van der Waals surface area contributed by atoms with E-state index >= 15 is 0 Å². The Balaban J connectivity index is 1.76. The summed E-state index contributed by atoms with van der Waals surface area (Å²) in [7, 11) is 0. The Morgan fingerprint density at radius 3 is 2.68 bits per heavy atom. The van der Waals surface area contributed by atoms with E-state index in [1.165, 1.54) is 11.8 Å². The Bertz CT molecular complexity index is 1000. The van der Waals surface area contributed by atoms with Crippen LogP contribution >= 0.6 is 27.7 Å². The van der Waals surface area contributed by atoms with Gasteiger partial charge in [-0.05, 0) is 49.2 Å². The van der Waals surface area contributed by atoms with E-state index in [0.29, 0.717) is 23.2 Å². The number of aromatic nitrogens is 2. The van der Waals surface area contributed by atoms with Crippen molar-refractivity contribution in [3.63, 3.8) is 0 Å². The largest absolute Gasteiger partial charge is 0.334 e. The van der Waals surface area contributed by atoms with E-state index in [-0.39, 0.29) is 11.8 Å². The molecule has 28 heavy (non-hydrogen) atoms. The number of hydrogen-bond donors (Lipinski definition) is 1. The first kappa shape index (κ1) is 20.6. The van der Waals surface area contributed by atoms with Gasteiger partial charge in [0, 0.05) is 15.3 Å². The highest BCUT2D eigenvalue weighted by Crippen LogP contribution is 2.31. The highest BCUT2D eigenvalue weighted by molar-refractivity contribution is 9.10. The molecule has 0 spiro atoms. The van der Waals surface area contributed by atoms with E-state index in [4.69, 9.17) is 4.52 Å². The van der Waals surface area contributed by atoms with Gasteiger partial charge in [-0.2, -0.15) is 4.98 Å². The van der Waals surface area contributed by atoms with Crippen molar-refractivity contribution in [3.05, 3.63) is 57.8 Å². The standard InChI is InChI=1S/C21H22BrN3O2S/c1-12(2)20-24-21(27-25-20)16-7-5-6-13(3)19(16)23-18(26)11-28-17-9-8-15(22)10-14(17)4/h5-10,12H,11H2,1-4H3,(H,23,26). The van der Waals surface area contributed by atoms with Crippen LogP contribution in [0.25, 0.3) is 11.5 Å². The maximum absolute atomic E-state index is 12.6. The number of carbonyl (C=O) groups is 1. The zero-order valence-corrected chi connectivity index (χ0v) is 18.6. The van der Waals surface area contributed by atoms with Crippen LogP contribution in [-0.4, -0.2) is 21.8 Å². The molecule has 146 valence electrons. The second-order valence-electron chi connectivity index (χ2n) is 6.86. The molecule has 3 aromatic rings. The molecule has 0 atom stereocenters. The second kappa shape index (κ2) is 8.92. The number of anilines is 1. The van der Waals surface area contributed by atoms with E-state index in [1.807, 2.05) is 64.1 Å². The summed E-state index contributed by atoms with van der Waals surface area (Å²) in [6, 6.07) is 11.8. The van der Waals surface area contributed by atoms with Crippen molar-refractivity contribution >= 4 is 39.3 Å². The number of hydrogen-bond acceptors (Lipinski definition) is 5. The molecule has 0 radical (unpaired) electrons. The lowest BCUT2D eigenvalue weighted by Crippen LogP contribution is -2.15. The molecule has 0 aliphatic rings. The van der Waals surface area contributed by atoms with Gasteiger partial charge in [-0.15, -0.1) is 11.8 Å². The fraction of sp³-hybridized carbons (Fsp3) is 0.286. The summed E-state index contributed by atoms with van der Waals surface area (Å²) in [4.78, 5) is 18.2. The van der Waals surface area contributed by atoms with Gasteiger partial charge in [0.15, 0.2) is 5.82 Å². The highest BCUT2D eigenvalue weighted by Gasteiger charge is 2.18. The number of nitrogens with one attached hydrogen (secondary N) is 1. The minimum atomic E-state index is -0.0773. The smallest absolute Gasteiger partial charge is 0.260 e. The van der Waals surface area contributed by atoms with Crippen LogP contribution in [-0.2, 0) is 4.79 Å². The predicted molar refractivity (Wildman–Crippen MR) is 117 cm³/mol. The molecule has 0 aliphatic carbocycles. The van der Waals surface area contributed by atoms with Gasteiger partial charge >= 0.3 is 0 Å². The number of para-hydroxylation sites is 1. The number of rotatable bonds is 6. The van der Waals surface area contributed by atoms with Crippen molar-refractivity contribution in [1.82, 2.24) is 10.1 Å². The van der Waals surface area contributed by atoms with Crippen LogP contribution in [0.3, 0.4) is 0 Å². The molecule has 0 saturated carbocycles. The molecular weight excluding hydrogens is 438 g/mol. The third kappa shape index (κ3) is 4.83. The lowest BCUT2D eigenvalue weighted by atomic mass is 10.1. The van der Waals surface area contributed by atoms with E-state index in [1.54, 1.807) is 0 Å². The number of thioether (sulfide) groups is 1. The van der Waals surface area contributed by atoms with Gasteiger partial charge in [0.2, 0.25) is 5.91 Å². The summed E-state index contributed by atoms with van der Waals surface area (Å²) < 4.78 is 6.45. The quantitative estimate of drug-likeness (QED) is 0.459. The molecule has 0 fully saturated rings. The van der Waals surface area contributed by atoms with Crippen LogP contribution in [0.4, 0.5) is 5.69 Å². The lowest BCUT2D eigenvalue weighted by Gasteiger charge is -2.12. The number of aryl methyl sites for hydroxylation is 2. The minimum Gasteiger partial charge on any atom is -0.334 e. The summed E-state index contributed by atoms with van der Waals surface area (Å²) in [5, 5.41) is 7.05. The van der Waals surface area contributed by atoms with Gasteiger partial charge in [0.25, 0.3) is 5.89 Å². The molecule has 0 aliphatic heterocycles. The predicted octanol–water partition coefficient (Wildman–Crippen LogP) is 5.97. The summed E-state index contributed by atoms with van der Waals surface area (Å²) in [5.41, 5.74) is 3.52. The molecule has 0 bridgehead atoms. The maximum Gasteiger partial charge on any atom is 0.260 e. The van der Waals surface area contributed by atoms with Crippen LogP contribution in [0.15, 0.2) is 50.3 Å². The van der Waals surface area contributed by atoms with Gasteiger partial charge in [0.05, 0.1) is 17.0 Å². The molecule has 1 amide bonds. The second-order valence-corrected chi connectivity index (χ2v) is 8.79. The van der Waals surface area contributed by atoms with Gasteiger partial charge in [-0.25, -0.2) is 0 Å². The minimum absolute atomic E-state index is 0.0773. The number of carbonyl (C=O) groups excluding carboxylic acids is 1. The van der Waals surface area contributed by atoms with Crippen molar-refractivity contribution in [1.29, 1.82) is 0 Å². The van der Waals surface area contributed by atoms with Gasteiger partial charge in [0.1, 0.15) is 0 Å². The average molecular weight is 460 g/mol. The molecule has 3 rings (SSSR count). The molecule has 1 heterocycles. The number of halogens is 1. The summed E-state index contributed by atoms with van der Waals surface area (Å²) in [6.45, 7) is 8.00. The fourth-order valence-electron chi connectivity index (χ4n) is 2.68. The number of nitrogens with zero attached hydrogens (tertiary/aromatic N) is 2. The molecule has 2 aromatic carbocycles. The monoisotopic (exact) mass is 459 g/mol. The topological polar surface area (TPSA) is 68.0 Å². The SMILES string of the molecule is Cc1cc(Br)ccc1SCC(=O)Nc1c(C)cccc1-c1nc(C(C)C)no1. The average Bonchev–Trinajstić information content (AvgIpc) is 3.13. The van der Waals surface area contributed by atoms with Crippen LogP contribution in [0.5, 0.6) is 0 Å². The Hall–Kier alpha value is -2.12. The summed E-state index contributed by atoms with van der Waals surface area (Å²) >= 11 is 4.98. The van der Waals surface area contributed by atoms with Crippen molar-refractivity contribution < 1.29 is 9.32 Å². The zero-order chi connectivity index (χ0) is 20.3. The van der Waals surface area contributed by atoms with Crippen molar-refractivity contribution in [2.45, 2.75) is 38.5 Å². The van der Waals surface area contributed by atoms with Crippen LogP contribution < -0.4 is 5.32 Å². The molecular formula is C21H22BrN3O2S. The molecule has 1 N–H and O–H groups in total. The third-order valence-electron chi connectivity index (χ3n) is 4.22. The van der Waals surface area contributed by atoms with E-state index in [9.17, 15) is 4.79 Å². The first-order chi connectivity index (χ1) is 13.3. The van der Waals surface area contributed by atoms with Gasteiger partial charge in [-0.3, -0.25) is 4.79 Å². The van der Waals surface area contributed by atoms with E-state index in [0.717, 1.165) is 26.1 Å². The van der Waals surface area contributed by atoms with Crippen LogP contribution in [0.2, 0.25) is 0 Å². The molecule has 0 saturated heterocycles. The van der Waals surface area contributed by atoms with E-state index in [2.05, 4.69) is 31.4 Å². The van der Waals surface area contributed by atoms with Crippen molar-refractivity contribution in [2.24, 2.45) is 0 Å². The molecule has 7 heteroatoms. The number of benzene rings is 2. The van der Waals surface area contributed by atoms with E-state index < -0.39 is 0 Å². The van der Waals surface area contributed by atoms with Gasteiger partial charge in [-0.1, -0.05) is 47.1 Å². The Morgan fingerprint density at radius 1 is 1.21 bits per heavy atom. The Labute approximate surface area is 177 Å². The third-order valence-corrected chi connectivity index (χ3v) is 5.89. The lowest BCUT2D eigenvalue weighted by molar-refractivity contribution is -0.113. The van der Waals surface area contributed by atoms with Crippen LogP contribution in [0.1, 0.15) is 36.7 Å². The zero-order valence-electron chi connectivity index (χ0n) is 16.2. The summed E-state index contributed by atoms with van der Waals surface area (Å²) in [5.74, 6) is 1.48. The Morgan fingerprint density at radius 2 is 2.00 bits per heavy atom. The molecule has 5 nitrogen and oxygen atoms in total. The molecule has 0 unspecified atom stereocenters. The number of amides is 1.